The lowest BCUT2D eigenvalue weighted by atomic mass is 10.0. The highest BCUT2D eigenvalue weighted by Gasteiger charge is 2.17. The molecule has 0 radical (unpaired) electrons. The highest BCUT2D eigenvalue weighted by atomic mass is 16.5. The van der Waals surface area contributed by atoms with Crippen LogP contribution in [-0.2, 0) is 9.47 Å². The molecule has 0 atom stereocenters. The van der Waals surface area contributed by atoms with Crippen LogP contribution in [0, 0.1) is 0 Å². The first kappa shape index (κ1) is 29.8. The highest BCUT2D eigenvalue weighted by molar-refractivity contribution is 6.09. The molecule has 6 aromatic rings. The quantitative estimate of drug-likeness (QED) is 0.145. The Morgan fingerprint density at radius 3 is 1.25 bits per heavy atom. The third-order valence-corrected chi connectivity index (χ3v) is 7.28. The van der Waals surface area contributed by atoms with Crippen molar-refractivity contribution >= 4 is 66.8 Å². The second-order valence-corrected chi connectivity index (χ2v) is 10.4. The number of esters is 2. The van der Waals surface area contributed by atoms with Gasteiger partial charge in [0.05, 0.1) is 14.2 Å². The van der Waals surface area contributed by atoms with Gasteiger partial charge < -0.3 is 28.1 Å². The first-order valence-electron chi connectivity index (χ1n) is 13.5. The average molecular weight is 595 g/mol. The number of methoxy groups -OCH3 is 2. The summed E-state index contributed by atoms with van der Waals surface area (Å²) in [6, 6.07) is 22.3. The molecular weight excluding hydrogens is 564 g/mol. The zero-order valence-corrected chi connectivity index (χ0v) is 25.1. The normalized spacial score (nSPS) is 10.9. The van der Waals surface area contributed by atoms with Gasteiger partial charge in [0.2, 0.25) is 0 Å². The Morgan fingerprint density at radius 1 is 0.545 bits per heavy atom. The fourth-order valence-corrected chi connectivity index (χ4v) is 4.87. The van der Waals surface area contributed by atoms with Crippen LogP contribution in [0.25, 0.3) is 43.5 Å². The third kappa shape index (κ3) is 5.57. The maximum absolute atomic E-state index is 11.9. The van der Waals surface area contributed by atoms with Crippen molar-refractivity contribution in [3.63, 3.8) is 0 Å². The van der Waals surface area contributed by atoms with Crippen molar-refractivity contribution in [2.45, 2.75) is 0 Å². The molecule has 0 aliphatic heterocycles. The van der Waals surface area contributed by atoms with Crippen molar-refractivity contribution in [2.75, 3.05) is 52.2 Å². The van der Waals surface area contributed by atoms with Gasteiger partial charge in [-0.15, -0.1) is 0 Å². The van der Waals surface area contributed by atoms with Crippen LogP contribution in [-0.4, -0.2) is 54.3 Å². The fraction of sp³-hybridized carbons (Fsp3) is 0.176. The summed E-state index contributed by atoms with van der Waals surface area (Å²) in [6.45, 7) is 0. The molecule has 44 heavy (non-hydrogen) atoms. The van der Waals surface area contributed by atoms with Gasteiger partial charge in [0.15, 0.2) is 0 Å². The number of ether oxygens (including phenoxy) is 2. The van der Waals surface area contributed by atoms with Gasteiger partial charge in [-0.25, -0.2) is 19.2 Å². The summed E-state index contributed by atoms with van der Waals surface area (Å²) in [6.07, 6.45) is 0. The first-order chi connectivity index (χ1) is 21.0. The average Bonchev–Trinajstić information content (AvgIpc) is 3.02. The van der Waals surface area contributed by atoms with Gasteiger partial charge in [0.1, 0.15) is 22.3 Å². The van der Waals surface area contributed by atoms with Crippen molar-refractivity contribution < 1.29 is 27.9 Å². The summed E-state index contributed by atoms with van der Waals surface area (Å²) in [5.74, 6) is -1.40. The lowest BCUT2D eigenvalue weighted by Gasteiger charge is -2.13. The lowest BCUT2D eigenvalue weighted by Crippen LogP contribution is -2.15. The Labute approximate surface area is 251 Å². The molecule has 0 N–H and O–H groups in total. The van der Waals surface area contributed by atoms with E-state index in [4.69, 9.17) is 8.83 Å². The molecule has 0 bridgehead atoms. The van der Waals surface area contributed by atoms with Crippen molar-refractivity contribution in [3.8, 4) is 0 Å². The first-order valence-corrected chi connectivity index (χ1v) is 13.5. The minimum absolute atomic E-state index is 0.0993. The molecule has 0 fully saturated rings. The Hall–Kier alpha value is -5.64. The summed E-state index contributed by atoms with van der Waals surface area (Å²) in [5, 5.41) is 5.25. The number of carbonyl (C=O) groups is 2. The number of hydrogen-bond acceptors (Lipinski definition) is 10. The van der Waals surface area contributed by atoms with Gasteiger partial charge in [0.25, 0.3) is 0 Å². The van der Waals surface area contributed by atoms with Crippen molar-refractivity contribution in [1.29, 1.82) is 0 Å². The van der Waals surface area contributed by atoms with Crippen molar-refractivity contribution in [3.05, 3.63) is 105 Å². The van der Waals surface area contributed by atoms with Crippen LogP contribution >= 0.6 is 0 Å². The second-order valence-electron chi connectivity index (χ2n) is 10.4. The van der Waals surface area contributed by atoms with Crippen molar-refractivity contribution in [2.24, 2.45) is 0 Å². The monoisotopic (exact) mass is 594 g/mol. The van der Waals surface area contributed by atoms with E-state index in [1.807, 2.05) is 86.5 Å². The number of hydrogen-bond donors (Lipinski definition) is 0. The third-order valence-electron chi connectivity index (χ3n) is 7.28. The topological polar surface area (TPSA) is 120 Å². The number of rotatable bonds is 4. The van der Waals surface area contributed by atoms with Gasteiger partial charge >= 0.3 is 23.2 Å². The van der Waals surface area contributed by atoms with E-state index in [1.165, 1.54) is 26.4 Å². The zero-order valence-electron chi connectivity index (χ0n) is 25.1. The Bertz CT molecular complexity index is 2040. The molecule has 0 saturated heterocycles. The molecule has 6 rings (SSSR count). The van der Waals surface area contributed by atoms with E-state index in [0.29, 0.717) is 21.9 Å². The zero-order chi connectivity index (χ0) is 31.7. The Kier molecular flexibility index (Phi) is 8.09. The molecule has 224 valence electrons. The molecule has 0 unspecified atom stereocenters. The maximum Gasteiger partial charge on any atom is 0.351 e. The van der Waals surface area contributed by atoms with E-state index in [0.717, 1.165) is 32.9 Å². The van der Waals surface area contributed by atoms with Gasteiger partial charge in [-0.2, -0.15) is 0 Å². The van der Waals surface area contributed by atoms with E-state index < -0.39 is 23.2 Å². The van der Waals surface area contributed by atoms with E-state index in [-0.39, 0.29) is 11.1 Å². The number of carbonyl (C=O) groups excluding carboxylic acids is 2. The molecule has 10 nitrogen and oxygen atoms in total. The summed E-state index contributed by atoms with van der Waals surface area (Å²) in [4.78, 5) is 51.1. The van der Waals surface area contributed by atoms with Crippen LogP contribution in [0.1, 0.15) is 20.7 Å². The van der Waals surface area contributed by atoms with Crippen LogP contribution in [0.2, 0.25) is 0 Å². The van der Waals surface area contributed by atoms with Gasteiger partial charge in [-0.3, -0.25) is 0 Å². The predicted octanol–water partition coefficient (Wildman–Crippen LogP) is 5.60. The van der Waals surface area contributed by atoms with Gasteiger partial charge in [-0.05, 0) is 70.1 Å². The molecule has 2 heterocycles. The predicted molar refractivity (Wildman–Crippen MR) is 171 cm³/mol. The summed E-state index contributed by atoms with van der Waals surface area (Å²) >= 11 is 0. The van der Waals surface area contributed by atoms with Crippen LogP contribution in [0.4, 0.5) is 11.4 Å². The molecule has 0 spiro atoms. The van der Waals surface area contributed by atoms with E-state index in [2.05, 4.69) is 9.47 Å². The molecule has 4 aromatic carbocycles. The van der Waals surface area contributed by atoms with Crippen LogP contribution in [0.3, 0.4) is 0 Å². The Morgan fingerprint density at radius 2 is 0.909 bits per heavy atom. The number of fused-ring (bicyclic) bond motifs is 6. The van der Waals surface area contributed by atoms with Gasteiger partial charge in [-0.1, -0.05) is 24.3 Å². The minimum Gasteiger partial charge on any atom is -0.465 e. The number of nitrogens with zero attached hydrogens (tertiary/aromatic N) is 2. The number of anilines is 2. The van der Waals surface area contributed by atoms with Crippen LogP contribution < -0.4 is 21.1 Å². The standard InChI is InChI=1S/2C17H15NO4/c2*1-18(2)11-6-4-10-5-7-15-13(12(10)8-11)9-14(16(19)21-3)17(20)22-15/h2*4-9H,1-3H3. The minimum atomic E-state index is -0.698. The van der Waals surface area contributed by atoms with E-state index in [1.54, 1.807) is 12.1 Å². The molecule has 0 aliphatic carbocycles. The highest BCUT2D eigenvalue weighted by Crippen LogP contribution is 2.30. The molecule has 10 heteroatoms. The molecular formula is C34H30N2O8. The molecule has 2 aromatic heterocycles. The summed E-state index contributed by atoms with van der Waals surface area (Å²) in [5.41, 5.74) is 1.35. The van der Waals surface area contributed by atoms with Crippen LogP contribution in [0.5, 0.6) is 0 Å². The molecule has 0 aliphatic rings. The molecule has 0 amide bonds. The largest absolute Gasteiger partial charge is 0.465 e. The molecule has 0 saturated carbocycles. The SMILES string of the molecule is COC(=O)c1cc2c(ccc3ccc(N(C)C)cc32)oc1=O.COC(=O)c1cc2c(ccc3ccc(N(C)C)cc32)oc1=O. The summed E-state index contributed by atoms with van der Waals surface area (Å²) < 4.78 is 19.8. The second kappa shape index (κ2) is 11.9. The summed E-state index contributed by atoms with van der Waals surface area (Å²) in [7, 11) is 10.3. The maximum atomic E-state index is 11.9. The number of benzene rings is 4. The van der Waals surface area contributed by atoms with E-state index in [9.17, 15) is 19.2 Å². The lowest BCUT2D eigenvalue weighted by molar-refractivity contribution is 0.0587. The van der Waals surface area contributed by atoms with E-state index >= 15 is 0 Å². The fourth-order valence-electron chi connectivity index (χ4n) is 4.87. The smallest absolute Gasteiger partial charge is 0.351 e. The Balaban J connectivity index is 0.000000175. The van der Waals surface area contributed by atoms with Crippen molar-refractivity contribution in [1.82, 2.24) is 0 Å². The van der Waals surface area contributed by atoms with Crippen LogP contribution in [0.15, 0.2) is 91.2 Å². The van der Waals surface area contributed by atoms with Gasteiger partial charge in [0, 0.05) is 50.3 Å².